The van der Waals surface area contributed by atoms with Crippen molar-refractivity contribution in [2.75, 3.05) is 11.9 Å². The van der Waals surface area contributed by atoms with Crippen LogP contribution in [0.3, 0.4) is 0 Å². The molecule has 1 aromatic rings. The van der Waals surface area contributed by atoms with Crippen molar-refractivity contribution >= 4 is 26.0 Å². The molecule has 0 atom stereocenters. The van der Waals surface area contributed by atoms with Gasteiger partial charge in [0.2, 0.25) is 10.0 Å². The third-order valence-electron chi connectivity index (χ3n) is 3.66. The van der Waals surface area contributed by atoms with Gasteiger partial charge in [0.1, 0.15) is 4.90 Å². The molecule has 1 heterocycles. The molecule has 0 N–H and O–H groups in total. The summed E-state index contributed by atoms with van der Waals surface area (Å²) in [5.74, 6) is 0. The predicted octanol–water partition coefficient (Wildman–Crippen LogP) is 2.61. The summed E-state index contributed by atoms with van der Waals surface area (Å²) >= 11 is 3.36. The summed E-state index contributed by atoms with van der Waals surface area (Å²) in [4.78, 5) is 0.354. The monoisotopic (exact) mass is 365 g/mol. The van der Waals surface area contributed by atoms with E-state index in [-0.39, 0.29) is 6.04 Å². The van der Waals surface area contributed by atoms with Crippen LogP contribution in [0, 0.1) is 13.8 Å². The number of aryl methyl sites for hydroxylation is 2. The zero-order valence-electron chi connectivity index (χ0n) is 12.9. The molecule has 116 valence electrons. The number of halogens is 1. The Kier molecular flexibility index (Phi) is 6.22. The quantitative estimate of drug-likeness (QED) is 0.697. The smallest absolute Gasteiger partial charge is 0.247 e. The van der Waals surface area contributed by atoms with E-state index in [0.717, 1.165) is 12.8 Å². The number of aromatic nitrogens is 2. The van der Waals surface area contributed by atoms with Crippen LogP contribution in [0.4, 0.5) is 0 Å². The lowest BCUT2D eigenvalue weighted by atomic mass is 10.2. The fraction of sp³-hybridized carbons (Fsp3) is 0.769. The summed E-state index contributed by atoms with van der Waals surface area (Å²) in [6, 6.07) is 0.0246. The van der Waals surface area contributed by atoms with Crippen molar-refractivity contribution in [3.63, 3.8) is 0 Å². The van der Waals surface area contributed by atoms with E-state index in [1.54, 1.807) is 29.9 Å². The second-order valence-electron chi connectivity index (χ2n) is 4.90. The number of hydrogen-bond acceptors (Lipinski definition) is 3. The van der Waals surface area contributed by atoms with Gasteiger partial charge in [0.15, 0.2) is 0 Å². The summed E-state index contributed by atoms with van der Waals surface area (Å²) in [7, 11) is -1.74. The molecule has 20 heavy (non-hydrogen) atoms. The molecular formula is C13H24BrN3O2S. The molecular weight excluding hydrogens is 342 g/mol. The maximum Gasteiger partial charge on any atom is 0.247 e. The van der Waals surface area contributed by atoms with Gasteiger partial charge in [-0.1, -0.05) is 29.8 Å². The van der Waals surface area contributed by atoms with Crippen LogP contribution in [0.2, 0.25) is 0 Å². The van der Waals surface area contributed by atoms with E-state index in [2.05, 4.69) is 21.0 Å². The van der Waals surface area contributed by atoms with Crippen LogP contribution in [0.1, 0.15) is 38.1 Å². The molecule has 0 aromatic carbocycles. The third-order valence-corrected chi connectivity index (χ3v) is 6.22. The molecule has 0 aliphatic heterocycles. The minimum Gasteiger partial charge on any atom is -0.271 e. The van der Waals surface area contributed by atoms with Crippen molar-refractivity contribution in [3.05, 3.63) is 11.4 Å². The maximum absolute atomic E-state index is 13.0. The topological polar surface area (TPSA) is 55.2 Å². The molecule has 0 saturated carbocycles. The van der Waals surface area contributed by atoms with Crippen LogP contribution >= 0.6 is 15.9 Å². The molecule has 0 unspecified atom stereocenters. The zero-order valence-corrected chi connectivity index (χ0v) is 15.3. The number of alkyl halides is 1. The summed E-state index contributed by atoms with van der Waals surface area (Å²) in [5.41, 5.74) is 1.25. The van der Waals surface area contributed by atoms with E-state index in [4.69, 9.17) is 0 Å². The van der Waals surface area contributed by atoms with E-state index in [1.807, 2.05) is 13.8 Å². The van der Waals surface area contributed by atoms with E-state index in [0.29, 0.717) is 28.2 Å². The molecule has 0 aliphatic carbocycles. The van der Waals surface area contributed by atoms with Crippen LogP contribution in [0.15, 0.2) is 4.90 Å². The summed E-state index contributed by atoms with van der Waals surface area (Å²) in [6.07, 6.45) is 1.61. The second-order valence-corrected chi connectivity index (χ2v) is 7.52. The van der Waals surface area contributed by atoms with Crippen molar-refractivity contribution in [2.24, 2.45) is 7.05 Å². The molecule has 1 rings (SSSR count). The first kappa shape index (κ1) is 17.7. The van der Waals surface area contributed by atoms with E-state index >= 15 is 0 Å². The maximum atomic E-state index is 13.0. The normalized spacial score (nSPS) is 12.6. The Morgan fingerprint density at radius 1 is 1.30 bits per heavy atom. The van der Waals surface area contributed by atoms with Gasteiger partial charge in [-0.25, -0.2) is 8.42 Å². The molecule has 0 spiro atoms. The summed E-state index contributed by atoms with van der Waals surface area (Å²) in [6.45, 7) is 8.06. The molecule has 0 saturated heterocycles. The van der Waals surface area contributed by atoms with Gasteiger partial charge in [-0.3, -0.25) is 4.68 Å². The van der Waals surface area contributed by atoms with Crippen LogP contribution in [0.25, 0.3) is 0 Å². The first-order chi connectivity index (χ1) is 9.31. The zero-order chi connectivity index (χ0) is 15.5. The van der Waals surface area contributed by atoms with Gasteiger partial charge in [0.25, 0.3) is 0 Å². The lowest BCUT2D eigenvalue weighted by Gasteiger charge is -2.29. The van der Waals surface area contributed by atoms with E-state index < -0.39 is 10.0 Å². The Bertz CT molecular complexity index is 550. The Hall–Kier alpha value is -0.400. The van der Waals surface area contributed by atoms with Crippen molar-refractivity contribution in [2.45, 2.75) is 51.5 Å². The second kappa shape index (κ2) is 7.04. The Morgan fingerprint density at radius 2 is 1.85 bits per heavy atom. The van der Waals surface area contributed by atoms with Crippen LogP contribution in [-0.4, -0.2) is 40.4 Å². The highest BCUT2D eigenvalue weighted by Crippen LogP contribution is 2.26. The van der Waals surface area contributed by atoms with Gasteiger partial charge in [0, 0.05) is 25.0 Å². The van der Waals surface area contributed by atoms with E-state index in [9.17, 15) is 8.42 Å². The van der Waals surface area contributed by atoms with Crippen LogP contribution in [-0.2, 0) is 17.1 Å². The average molecular weight is 366 g/mol. The lowest BCUT2D eigenvalue weighted by Crippen LogP contribution is -2.41. The van der Waals surface area contributed by atoms with Crippen LogP contribution in [0.5, 0.6) is 0 Å². The van der Waals surface area contributed by atoms with Gasteiger partial charge in [-0.2, -0.15) is 9.40 Å². The fourth-order valence-electron chi connectivity index (χ4n) is 2.52. The van der Waals surface area contributed by atoms with Crippen molar-refractivity contribution < 1.29 is 8.42 Å². The lowest BCUT2D eigenvalue weighted by molar-refractivity contribution is 0.317. The van der Waals surface area contributed by atoms with Crippen molar-refractivity contribution in [1.29, 1.82) is 0 Å². The minimum absolute atomic E-state index is 0.0246. The molecule has 1 aromatic heterocycles. The third kappa shape index (κ3) is 3.26. The number of sulfonamides is 1. The molecule has 0 aliphatic rings. The predicted molar refractivity (Wildman–Crippen MR) is 84.7 cm³/mol. The summed E-state index contributed by atoms with van der Waals surface area (Å²) < 4.78 is 29.2. The highest BCUT2D eigenvalue weighted by Gasteiger charge is 2.33. The van der Waals surface area contributed by atoms with Gasteiger partial charge in [-0.05, 0) is 26.7 Å². The van der Waals surface area contributed by atoms with Gasteiger partial charge >= 0.3 is 0 Å². The van der Waals surface area contributed by atoms with Gasteiger partial charge in [0.05, 0.1) is 11.4 Å². The largest absolute Gasteiger partial charge is 0.271 e. The SMILES string of the molecule is CCC(CC)N(CCBr)S(=O)(=O)c1c(C)nn(C)c1C. The van der Waals surface area contributed by atoms with E-state index in [1.165, 1.54) is 0 Å². The van der Waals surface area contributed by atoms with Gasteiger partial charge < -0.3 is 0 Å². The Balaban J connectivity index is 3.36. The number of rotatable bonds is 7. The molecule has 0 amide bonds. The Morgan fingerprint density at radius 3 is 2.20 bits per heavy atom. The highest BCUT2D eigenvalue weighted by atomic mass is 79.9. The Labute approximate surface area is 130 Å². The molecule has 7 heteroatoms. The molecule has 0 fully saturated rings. The highest BCUT2D eigenvalue weighted by molar-refractivity contribution is 9.09. The van der Waals surface area contributed by atoms with Crippen molar-refractivity contribution in [3.8, 4) is 0 Å². The minimum atomic E-state index is -3.51. The van der Waals surface area contributed by atoms with Crippen molar-refractivity contribution in [1.82, 2.24) is 14.1 Å². The number of hydrogen-bond donors (Lipinski definition) is 0. The number of nitrogens with zero attached hydrogens (tertiary/aromatic N) is 3. The first-order valence-corrected chi connectivity index (χ1v) is 9.45. The first-order valence-electron chi connectivity index (χ1n) is 6.89. The standard InChI is InChI=1S/C13H24BrN3O2S/c1-6-12(7-2)17(9-8-14)20(18,19)13-10(3)15-16(5)11(13)4/h12H,6-9H2,1-5H3. The molecule has 0 bridgehead atoms. The van der Waals surface area contributed by atoms with Gasteiger partial charge in [-0.15, -0.1) is 0 Å². The average Bonchev–Trinajstić information content (AvgIpc) is 2.63. The molecule has 5 nitrogen and oxygen atoms in total. The fourth-order valence-corrected chi connectivity index (χ4v) is 5.32. The molecule has 0 radical (unpaired) electrons. The summed E-state index contributed by atoms with van der Waals surface area (Å²) in [5, 5.41) is 4.86. The van der Waals surface area contributed by atoms with Crippen LogP contribution < -0.4 is 0 Å².